The van der Waals surface area contributed by atoms with Crippen LogP contribution in [0.15, 0.2) is 0 Å². The highest BCUT2D eigenvalue weighted by atomic mass is 19.4. The fraction of sp³-hybridized carbons (Fsp3) is 1.00. The molecule has 4 aliphatic rings. The van der Waals surface area contributed by atoms with Crippen LogP contribution in [0.4, 0.5) is 101 Å². The lowest BCUT2D eigenvalue weighted by Gasteiger charge is -2.74. The lowest BCUT2D eigenvalue weighted by molar-refractivity contribution is -0.637. The lowest BCUT2D eigenvalue weighted by atomic mass is 9.40. The fourth-order valence-corrected chi connectivity index (χ4v) is 4.47. The average Bonchev–Trinajstić information content (AvgIpc) is 2.70. The molecule has 0 amide bonds. The van der Waals surface area contributed by atoms with Crippen molar-refractivity contribution in [2.24, 2.45) is 0 Å². The topological polar surface area (TPSA) is 38.7 Å². The molecule has 4 bridgehead atoms. The summed E-state index contributed by atoms with van der Waals surface area (Å²) in [5, 5.41) is 7.60. The van der Waals surface area contributed by atoms with Crippen LogP contribution in [0.1, 0.15) is 0 Å². The Labute approximate surface area is 199 Å². The first-order chi connectivity index (χ1) is 16.9. The van der Waals surface area contributed by atoms with Gasteiger partial charge in [0, 0.05) is 0 Å². The van der Waals surface area contributed by atoms with E-state index < -0.39 is 82.6 Å². The summed E-state index contributed by atoms with van der Waals surface area (Å²) in [7, 11) is 0. The van der Waals surface area contributed by atoms with Crippen molar-refractivity contribution in [1.82, 2.24) is 0 Å². The van der Waals surface area contributed by atoms with Gasteiger partial charge in [-0.1, -0.05) is 0 Å². The van der Waals surface area contributed by atoms with E-state index in [-0.39, 0.29) is 0 Å². The van der Waals surface area contributed by atoms with Gasteiger partial charge in [0.1, 0.15) is 0 Å². The molecule has 0 radical (unpaired) electrons. The summed E-state index contributed by atoms with van der Waals surface area (Å²) in [6.45, 7) is 0. The molecule has 4 fully saturated rings. The van der Waals surface area contributed by atoms with E-state index in [0.29, 0.717) is 0 Å². The van der Waals surface area contributed by atoms with Crippen molar-refractivity contribution in [1.29, 1.82) is 0 Å². The molecule has 0 atom stereocenters. The van der Waals surface area contributed by atoms with Crippen LogP contribution >= 0.6 is 0 Å². The molecule has 0 spiro atoms. The van der Waals surface area contributed by atoms with E-state index in [1.54, 1.807) is 0 Å². The molecule has 3 nitrogen and oxygen atoms in total. The Morgan fingerprint density at radius 1 is 0.375 bits per heavy atom. The molecule has 0 aromatic rings. The summed E-state index contributed by atoms with van der Waals surface area (Å²) in [6, 6.07) is 0. The second-order valence-corrected chi connectivity index (χ2v) is 8.40. The molecular weight excluding hydrogens is 653 g/mol. The number of ether oxygens (including phenoxy) is 2. The highest BCUT2D eigenvalue weighted by Gasteiger charge is 3.23. The van der Waals surface area contributed by atoms with Gasteiger partial charge < -0.3 is 5.11 Å². The third-order valence-corrected chi connectivity index (χ3v) is 6.43. The minimum atomic E-state index is -8.82. The Kier molecular flexibility index (Phi) is 5.66. The fourth-order valence-electron chi connectivity index (χ4n) is 4.47. The maximum atomic E-state index is 15.2. The maximum Gasteiger partial charge on any atom is 0.453 e. The van der Waals surface area contributed by atoms with E-state index in [2.05, 4.69) is 0 Å². The van der Waals surface area contributed by atoms with Gasteiger partial charge in [-0.2, -0.15) is 79.0 Å². The highest BCUT2D eigenvalue weighted by Crippen LogP contribution is 2.89. The van der Waals surface area contributed by atoms with E-state index >= 15 is 13.2 Å². The number of hydrogen-bond donors (Lipinski definition) is 1. The number of halogens is 23. The molecule has 4 saturated carbocycles. The van der Waals surface area contributed by atoms with Crippen LogP contribution in [-0.2, 0) is 9.47 Å². The number of rotatable bonds is 6. The van der Waals surface area contributed by atoms with Crippen LogP contribution < -0.4 is 0 Å². The van der Waals surface area contributed by atoms with Crippen LogP contribution in [0.2, 0.25) is 0 Å². The minimum Gasteiger partial charge on any atom is -0.329 e. The third kappa shape index (κ3) is 2.43. The van der Waals surface area contributed by atoms with Gasteiger partial charge in [0.2, 0.25) is 0 Å². The van der Waals surface area contributed by atoms with Crippen LogP contribution in [0.5, 0.6) is 0 Å². The molecule has 0 unspecified atom stereocenters. The Balaban J connectivity index is 2.45. The minimum absolute atomic E-state index is 1.27. The first kappa shape index (κ1) is 32.8. The summed E-state index contributed by atoms with van der Waals surface area (Å²) < 4.78 is 324. The predicted octanol–water partition coefficient (Wildman–Crippen LogP) is 6.10. The molecule has 1 N–H and O–H groups in total. The van der Waals surface area contributed by atoms with E-state index in [9.17, 15) is 87.8 Å². The Morgan fingerprint density at radius 3 is 0.875 bits per heavy atom. The van der Waals surface area contributed by atoms with Crippen molar-refractivity contribution >= 4 is 0 Å². The molecule has 40 heavy (non-hydrogen) atoms. The Morgan fingerprint density at radius 2 is 0.625 bits per heavy atom. The van der Waals surface area contributed by atoms with Gasteiger partial charge in [-0.3, -0.25) is 4.74 Å². The highest BCUT2D eigenvalue weighted by molar-refractivity contribution is 5.54. The smallest absolute Gasteiger partial charge is 0.329 e. The van der Waals surface area contributed by atoms with Crippen molar-refractivity contribution in [2.45, 2.75) is 82.6 Å². The van der Waals surface area contributed by atoms with E-state index in [0.717, 1.165) is 0 Å². The van der Waals surface area contributed by atoms with Crippen LogP contribution in [0.25, 0.3) is 0 Å². The molecule has 4 aliphatic carbocycles. The first-order valence-corrected chi connectivity index (χ1v) is 8.89. The molecule has 0 heterocycles. The van der Waals surface area contributed by atoms with Crippen molar-refractivity contribution < 1.29 is 116 Å². The molecule has 26 heteroatoms. The zero-order chi connectivity index (χ0) is 32.4. The second kappa shape index (κ2) is 6.90. The van der Waals surface area contributed by atoms with E-state index in [1.807, 2.05) is 0 Å². The first-order valence-electron chi connectivity index (χ1n) is 8.89. The monoisotopic (exact) mass is 654 g/mol. The van der Waals surface area contributed by atoms with Crippen molar-refractivity contribution in [3.63, 3.8) is 0 Å². The van der Waals surface area contributed by atoms with Crippen molar-refractivity contribution in [2.75, 3.05) is 0 Å². The predicted molar refractivity (Wildman–Crippen MR) is 68.1 cm³/mol. The molecule has 0 aromatic heterocycles. The molecule has 0 aliphatic heterocycles. The van der Waals surface area contributed by atoms with E-state index in [4.69, 9.17) is 5.11 Å². The molecule has 0 saturated heterocycles. The van der Waals surface area contributed by atoms with Crippen LogP contribution in [0.3, 0.4) is 0 Å². The summed E-state index contributed by atoms with van der Waals surface area (Å²) in [6.07, 6.45) is -31.1. The lowest BCUT2D eigenvalue weighted by Crippen LogP contribution is -3.09. The van der Waals surface area contributed by atoms with Gasteiger partial charge >= 0.3 is 82.6 Å². The molecular formula is C14HF23O3. The number of alkyl halides is 23. The van der Waals surface area contributed by atoms with Crippen LogP contribution in [0, 0.1) is 0 Å². The molecule has 0 aromatic carbocycles. The SMILES string of the molecule is OC(F)(F)C(F)(F)OC(F)(F)C(F)(F)OC1(F)C2(F)C(F)(F)C3(F)C(F)(F)C(F)(C2(F)F)C(F)(F)C1(F)C3(F)F. The quantitative estimate of drug-likeness (QED) is 0.353. The normalized spacial score (nSPS) is 43.2. The largest absolute Gasteiger partial charge is 0.453 e. The summed E-state index contributed by atoms with van der Waals surface area (Å²) in [5.41, 5.74) is -34.4. The van der Waals surface area contributed by atoms with Gasteiger partial charge in [0.05, 0.1) is 0 Å². The Hall–Kier alpha value is -1.73. The standard InChI is InChI=1S/C14HF23O3/c15-1-5(19,20)2(16)8(25,26)3(17,6(1,21)22)10(29,4(18,7(1,23)24)9(2,27)28)39-13(34,35)14(36,37)40-12(32,33)11(30,31)38/h38H. The summed E-state index contributed by atoms with van der Waals surface area (Å²) >= 11 is 0. The Bertz CT molecular complexity index is 1020. The van der Waals surface area contributed by atoms with Gasteiger partial charge in [-0.25, -0.2) is 26.7 Å². The van der Waals surface area contributed by atoms with Crippen molar-refractivity contribution in [3.8, 4) is 0 Å². The average molecular weight is 654 g/mol. The zero-order valence-corrected chi connectivity index (χ0v) is 17.0. The summed E-state index contributed by atoms with van der Waals surface area (Å²) in [5.74, 6) is -52.0. The zero-order valence-electron chi connectivity index (χ0n) is 17.0. The number of hydrogen-bond acceptors (Lipinski definition) is 3. The van der Waals surface area contributed by atoms with Gasteiger partial charge in [0.25, 0.3) is 0 Å². The van der Waals surface area contributed by atoms with Gasteiger partial charge in [-0.05, 0) is 0 Å². The van der Waals surface area contributed by atoms with Crippen LogP contribution in [-0.4, -0.2) is 87.7 Å². The third-order valence-electron chi connectivity index (χ3n) is 6.43. The van der Waals surface area contributed by atoms with Crippen molar-refractivity contribution in [3.05, 3.63) is 0 Å². The van der Waals surface area contributed by atoms with Gasteiger partial charge in [-0.15, -0.1) is 0 Å². The summed E-state index contributed by atoms with van der Waals surface area (Å²) in [4.78, 5) is 0. The second-order valence-electron chi connectivity index (χ2n) is 8.40. The van der Waals surface area contributed by atoms with E-state index in [1.165, 1.54) is 9.47 Å². The maximum absolute atomic E-state index is 15.2. The molecule has 236 valence electrons. The molecule has 4 rings (SSSR count). The van der Waals surface area contributed by atoms with Gasteiger partial charge in [0.15, 0.2) is 0 Å². The number of aliphatic hydroxyl groups is 1.